The van der Waals surface area contributed by atoms with Gasteiger partial charge in [0.2, 0.25) is 12.6 Å². The van der Waals surface area contributed by atoms with Crippen LogP contribution in [-0.4, -0.2) is 44.8 Å². The molecule has 21 heavy (non-hydrogen) atoms. The van der Waals surface area contributed by atoms with Gasteiger partial charge in [0.25, 0.3) is 0 Å². The Morgan fingerprint density at radius 1 is 0.905 bits per heavy atom. The first-order chi connectivity index (χ1) is 9.70. The van der Waals surface area contributed by atoms with Crippen molar-refractivity contribution in [1.29, 1.82) is 0 Å². The van der Waals surface area contributed by atoms with Crippen LogP contribution >= 0.6 is 7.60 Å². The van der Waals surface area contributed by atoms with E-state index in [-0.39, 0.29) is 13.2 Å². The van der Waals surface area contributed by atoms with Gasteiger partial charge in [0.1, 0.15) is 0 Å². The topological polar surface area (TPSA) is 107 Å². The van der Waals surface area contributed by atoms with E-state index >= 15 is 0 Å². The van der Waals surface area contributed by atoms with Gasteiger partial charge in [-0.25, -0.2) is 9.59 Å². The summed E-state index contributed by atoms with van der Waals surface area (Å²) in [5.41, 5.74) is 0. The first-order valence-corrected chi connectivity index (χ1v) is 8.30. The van der Waals surface area contributed by atoms with Gasteiger partial charge in [-0.05, 0) is 27.7 Å². The standard InChI is InChI=1S/C11H21O9P/c1-6-15-10(12)17-8(3)19-21(5,14)20-9(4)18-11(13)16-7-2/h8-9H,6-7H2,1-5H3. The maximum absolute atomic E-state index is 12.0. The van der Waals surface area contributed by atoms with Crippen LogP contribution in [0.3, 0.4) is 0 Å². The smallest absolute Gasteiger partial charge is 0.435 e. The van der Waals surface area contributed by atoms with Crippen LogP contribution in [0.4, 0.5) is 9.59 Å². The Bertz CT molecular complexity index is 352. The van der Waals surface area contributed by atoms with Crippen LogP contribution in [0.25, 0.3) is 0 Å². The Morgan fingerprint density at radius 2 is 1.24 bits per heavy atom. The van der Waals surface area contributed by atoms with E-state index in [1.165, 1.54) is 13.8 Å². The number of hydrogen-bond acceptors (Lipinski definition) is 9. The van der Waals surface area contributed by atoms with E-state index in [0.717, 1.165) is 6.66 Å². The van der Waals surface area contributed by atoms with E-state index < -0.39 is 32.5 Å². The quantitative estimate of drug-likeness (QED) is 0.377. The summed E-state index contributed by atoms with van der Waals surface area (Å²) in [6.07, 6.45) is -4.23. The van der Waals surface area contributed by atoms with Crippen molar-refractivity contribution in [1.82, 2.24) is 0 Å². The zero-order valence-electron chi connectivity index (χ0n) is 12.7. The molecule has 2 atom stereocenters. The number of carbonyl (C=O) groups excluding carboxylic acids is 2. The second-order valence-electron chi connectivity index (χ2n) is 3.72. The summed E-state index contributed by atoms with van der Waals surface area (Å²) < 4.78 is 40.3. The van der Waals surface area contributed by atoms with Gasteiger partial charge in [0, 0.05) is 6.66 Å². The summed E-state index contributed by atoms with van der Waals surface area (Å²) in [5.74, 6) is 0. The molecule has 0 aromatic heterocycles. The SMILES string of the molecule is CCOC(=O)OC(C)OP(C)(=O)OC(C)OC(=O)OCC. The van der Waals surface area contributed by atoms with E-state index in [1.54, 1.807) is 13.8 Å². The summed E-state index contributed by atoms with van der Waals surface area (Å²) >= 11 is 0. The summed E-state index contributed by atoms with van der Waals surface area (Å²) in [7, 11) is -3.62. The molecule has 0 fully saturated rings. The highest BCUT2D eigenvalue weighted by Crippen LogP contribution is 2.46. The van der Waals surface area contributed by atoms with Crippen molar-refractivity contribution >= 4 is 19.9 Å². The number of hydrogen-bond donors (Lipinski definition) is 0. The Labute approximate surface area is 123 Å². The fourth-order valence-corrected chi connectivity index (χ4v) is 2.40. The first kappa shape index (κ1) is 19.7. The average Bonchev–Trinajstić information content (AvgIpc) is 2.26. The normalized spacial score (nSPS) is 16.2. The molecule has 0 radical (unpaired) electrons. The van der Waals surface area contributed by atoms with Crippen LogP contribution in [0.2, 0.25) is 0 Å². The van der Waals surface area contributed by atoms with Gasteiger partial charge in [0.05, 0.1) is 13.2 Å². The minimum Gasteiger partial charge on any atom is -0.435 e. The average molecular weight is 328 g/mol. The molecule has 0 aliphatic carbocycles. The summed E-state index contributed by atoms with van der Waals surface area (Å²) in [4.78, 5) is 22.1. The monoisotopic (exact) mass is 328 g/mol. The second kappa shape index (κ2) is 9.59. The van der Waals surface area contributed by atoms with Crippen molar-refractivity contribution in [2.75, 3.05) is 19.9 Å². The van der Waals surface area contributed by atoms with Crippen LogP contribution in [-0.2, 0) is 32.6 Å². The van der Waals surface area contributed by atoms with Crippen LogP contribution in [0.15, 0.2) is 0 Å². The predicted molar refractivity (Wildman–Crippen MR) is 70.8 cm³/mol. The summed E-state index contributed by atoms with van der Waals surface area (Å²) in [5, 5.41) is 0. The Hall–Kier alpha value is -1.31. The van der Waals surface area contributed by atoms with Crippen LogP contribution < -0.4 is 0 Å². The van der Waals surface area contributed by atoms with Crippen molar-refractivity contribution in [3.05, 3.63) is 0 Å². The highest BCUT2D eigenvalue weighted by Gasteiger charge is 2.27. The Kier molecular flexibility index (Phi) is 9.00. The third kappa shape index (κ3) is 10.1. The molecule has 10 heteroatoms. The van der Waals surface area contributed by atoms with Crippen molar-refractivity contribution in [2.45, 2.75) is 40.3 Å². The van der Waals surface area contributed by atoms with E-state index in [0.29, 0.717) is 0 Å². The minimum absolute atomic E-state index is 0.135. The summed E-state index contributed by atoms with van der Waals surface area (Å²) in [6.45, 7) is 7.31. The van der Waals surface area contributed by atoms with Crippen molar-refractivity contribution < 1.29 is 42.1 Å². The summed E-state index contributed by atoms with van der Waals surface area (Å²) in [6, 6.07) is 0. The molecule has 0 saturated carbocycles. The molecule has 0 aromatic carbocycles. The lowest BCUT2D eigenvalue weighted by Crippen LogP contribution is -2.21. The maximum atomic E-state index is 12.0. The van der Waals surface area contributed by atoms with Crippen molar-refractivity contribution in [3.8, 4) is 0 Å². The van der Waals surface area contributed by atoms with Crippen LogP contribution in [0.5, 0.6) is 0 Å². The Morgan fingerprint density at radius 3 is 1.52 bits per heavy atom. The molecule has 0 spiro atoms. The van der Waals surface area contributed by atoms with Gasteiger partial charge in [-0.15, -0.1) is 0 Å². The lowest BCUT2D eigenvalue weighted by atomic mass is 10.8. The van der Waals surface area contributed by atoms with Gasteiger partial charge >= 0.3 is 19.9 Å². The maximum Gasteiger partial charge on any atom is 0.510 e. The molecule has 0 aliphatic rings. The predicted octanol–water partition coefficient (Wildman–Crippen LogP) is 2.88. The molecule has 0 bridgehead atoms. The molecule has 0 aliphatic heterocycles. The van der Waals surface area contributed by atoms with Gasteiger partial charge in [-0.2, -0.15) is 0 Å². The van der Waals surface area contributed by atoms with E-state index in [1.807, 2.05) is 0 Å². The van der Waals surface area contributed by atoms with Gasteiger partial charge in [-0.3, -0.25) is 13.6 Å². The molecule has 0 heterocycles. The van der Waals surface area contributed by atoms with Crippen LogP contribution in [0, 0.1) is 0 Å². The zero-order chi connectivity index (χ0) is 16.5. The van der Waals surface area contributed by atoms with Gasteiger partial charge in [0.15, 0.2) is 0 Å². The molecule has 0 rings (SSSR count). The fourth-order valence-electron chi connectivity index (χ4n) is 1.18. The molecule has 0 aromatic rings. The van der Waals surface area contributed by atoms with Crippen LogP contribution in [0.1, 0.15) is 27.7 Å². The lowest BCUT2D eigenvalue weighted by molar-refractivity contribution is -0.0838. The largest absolute Gasteiger partial charge is 0.510 e. The fraction of sp³-hybridized carbons (Fsp3) is 0.818. The highest BCUT2D eigenvalue weighted by molar-refractivity contribution is 7.53. The molecule has 0 amide bonds. The third-order valence-electron chi connectivity index (χ3n) is 1.73. The molecule has 2 unspecified atom stereocenters. The van der Waals surface area contributed by atoms with Crippen molar-refractivity contribution in [2.24, 2.45) is 0 Å². The first-order valence-electron chi connectivity index (χ1n) is 6.31. The highest BCUT2D eigenvalue weighted by atomic mass is 31.2. The lowest BCUT2D eigenvalue weighted by Gasteiger charge is -2.21. The number of ether oxygens (including phenoxy) is 4. The third-order valence-corrected chi connectivity index (χ3v) is 3.09. The number of carbonyl (C=O) groups is 2. The molecule has 0 N–H and O–H groups in total. The zero-order valence-corrected chi connectivity index (χ0v) is 13.6. The van der Waals surface area contributed by atoms with E-state index in [9.17, 15) is 14.2 Å². The van der Waals surface area contributed by atoms with Gasteiger partial charge in [-0.1, -0.05) is 0 Å². The molecule has 9 nitrogen and oxygen atoms in total. The Balaban J connectivity index is 4.26. The van der Waals surface area contributed by atoms with E-state index in [4.69, 9.17) is 9.05 Å². The second-order valence-corrected chi connectivity index (χ2v) is 5.68. The minimum atomic E-state index is -3.62. The molecule has 124 valence electrons. The van der Waals surface area contributed by atoms with Gasteiger partial charge < -0.3 is 18.9 Å². The molecule has 0 saturated heterocycles. The van der Waals surface area contributed by atoms with Crippen molar-refractivity contribution in [3.63, 3.8) is 0 Å². The number of rotatable bonds is 8. The van der Waals surface area contributed by atoms with E-state index in [2.05, 4.69) is 18.9 Å². The molecular formula is C11H21O9P. The molecular weight excluding hydrogens is 307 g/mol.